The predicted molar refractivity (Wildman–Crippen MR) is 61.0 cm³/mol. The molecule has 2 rings (SSSR count). The van der Waals surface area contributed by atoms with Crippen LogP contribution >= 0.6 is 0 Å². The Bertz CT molecular complexity index is 492. The van der Waals surface area contributed by atoms with E-state index in [1.54, 1.807) is 18.2 Å². The summed E-state index contributed by atoms with van der Waals surface area (Å²) in [5.41, 5.74) is 8.23. The largest absolute Gasteiger partial charge is 0.396 e. The van der Waals surface area contributed by atoms with Crippen molar-refractivity contribution in [3.05, 3.63) is 53.8 Å². The molecule has 0 aliphatic heterocycles. The summed E-state index contributed by atoms with van der Waals surface area (Å²) in [4.78, 5) is 0. The zero-order valence-electron chi connectivity index (χ0n) is 8.50. The molecule has 0 saturated carbocycles. The molecule has 1 nitrogen and oxygen atoms in total. The van der Waals surface area contributed by atoms with E-state index in [0.717, 1.165) is 11.1 Å². The molecule has 15 heavy (non-hydrogen) atoms. The van der Waals surface area contributed by atoms with Crippen molar-refractivity contribution in [3.63, 3.8) is 0 Å². The van der Waals surface area contributed by atoms with Gasteiger partial charge in [-0.15, -0.1) is 0 Å². The van der Waals surface area contributed by atoms with E-state index in [2.05, 4.69) is 0 Å². The molecule has 0 saturated heterocycles. The summed E-state index contributed by atoms with van der Waals surface area (Å²) in [5, 5.41) is 0. The highest BCUT2D eigenvalue weighted by Gasteiger charge is 2.06. The molecule has 2 heteroatoms. The average molecular weight is 201 g/mol. The Morgan fingerprint density at radius 3 is 2.53 bits per heavy atom. The maximum absolute atomic E-state index is 13.7. The quantitative estimate of drug-likeness (QED) is 0.703. The van der Waals surface area contributed by atoms with Gasteiger partial charge in [-0.3, -0.25) is 0 Å². The van der Waals surface area contributed by atoms with Gasteiger partial charge in [0.15, 0.2) is 5.82 Å². The van der Waals surface area contributed by atoms with Gasteiger partial charge in [0.2, 0.25) is 0 Å². The lowest BCUT2D eigenvalue weighted by Crippen LogP contribution is -1.93. The van der Waals surface area contributed by atoms with Crippen LogP contribution < -0.4 is 5.73 Å². The molecular formula is C13H12FN. The van der Waals surface area contributed by atoms with Gasteiger partial charge in [0.25, 0.3) is 0 Å². The van der Waals surface area contributed by atoms with Gasteiger partial charge in [0.1, 0.15) is 0 Å². The molecular weight excluding hydrogens is 189 g/mol. The topological polar surface area (TPSA) is 26.0 Å². The van der Waals surface area contributed by atoms with Crippen molar-refractivity contribution >= 4 is 5.69 Å². The normalized spacial score (nSPS) is 10.3. The molecule has 0 amide bonds. The van der Waals surface area contributed by atoms with Crippen molar-refractivity contribution in [1.29, 1.82) is 0 Å². The second kappa shape index (κ2) is 3.73. The molecule has 2 aromatic carbocycles. The molecule has 0 fully saturated rings. The van der Waals surface area contributed by atoms with Crippen LogP contribution in [0.15, 0.2) is 42.5 Å². The molecule has 0 aliphatic rings. The van der Waals surface area contributed by atoms with Crippen molar-refractivity contribution in [3.8, 4) is 11.1 Å². The van der Waals surface area contributed by atoms with Gasteiger partial charge in [-0.1, -0.05) is 42.0 Å². The number of hydrogen-bond donors (Lipinski definition) is 1. The fraction of sp³-hybridized carbons (Fsp3) is 0.0769. The van der Waals surface area contributed by atoms with Gasteiger partial charge in [0.05, 0.1) is 5.69 Å². The van der Waals surface area contributed by atoms with Gasteiger partial charge in [0, 0.05) is 5.56 Å². The van der Waals surface area contributed by atoms with E-state index < -0.39 is 0 Å². The van der Waals surface area contributed by atoms with Crippen LogP contribution in [-0.2, 0) is 0 Å². The zero-order chi connectivity index (χ0) is 10.8. The predicted octanol–water partition coefficient (Wildman–Crippen LogP) is 3.38. The number of aryl methyl sites for hydroxylation is 1. The van der Waals surface area contributed by atoms with Gasteiger partial charge in [-0.2, -0.15) is 0 Å². The minimum Gasteiger partial charge on any atom is -0.396 e. The van der Waals surface area contributed by atoms with Crippen molar-refractivity contribution in [2.75, 3.05) is 5.73 Å². The molecule has 76 valence electrons. The van der Waals surface area contributed by atoms with Gasteiger partial charge in [-0.25, -0.2) is 4.39 Å². The first-order chi connectivity index (χ1) is 7.18. The van der Waals surface area contributed by atoms with Crippen molar-refractivity contribution in [2.24, 2.45) is 0 Å². The minimum absolute atomic E-state index is 0.189. The standard InChI is InChI=1S/C13H12FN/c1-9-4-2-5-10(8-9)11-6-3-7-12(15)13(11)14/h2-8H,15H2,1H3. The Morgan fingerprint density at radius 1 is 1.07 bits per heavy atom. The van der Waals surface area contributed by atoms with Crippen molar-refractivity contribution in [1.82, 2.24) is 0 Å². The molecule has 0 atom stereocenters. The summed E-state index contributed by atoms with van der Waals surface area (Å²) < 4.78 is 13.7. The minimum atomic E-state index is -0.344. The van der Waals surface area contributed by atoms with E-state index in [4.69, 9.17) is 5.73 Å². The summed E-state index contributed by atoms with van der Waals surface area (Å²) in [7, 11) is 0. The molecule has 0 aromatic heterocycles. The van der Waals surface area contributed by atoms with E-state index in [1.165, 1.54) is 0 Å². The monoisotopic (exact) mass is 201 g/mol. The van der Waals surface area contributed by atoms with Crippen LogP contribution in [0.4, 0.5) is 10.1 Å². The molecule has 0 radical (unpaired) electrons. The number of nitrogen functional groups attached to an aromatic ring is 1. The second-order valence-electron chi connectivity index (χ2n) is 3.58. The highest BCUT2D eigenvalue weighted by atomic mass is 19.1. The third-order valence-corrected chi connectivity index (χ3v) is 2.36. The maximum Gasteiger partial charge on any atom is 0.153 e. The lowest BCUT2D eigenvalue weighted by atomic mass is 10.0. The van der Waals surface area contributed by atoms with Crippen molar-refractivity contribution in [2.45, 2.75) is 6.92 Å². The summed E-state index contributed by atoms with van der Waals surface area (Å²) in [6, 6.07) is 12.8. The molecule has 2 N–H and O–H groups in total. The molecule has 0 unspecified atom stereocenters. The third-order valence-electron chi connectivity index (χ3n) is 2.36. The number of rotatable bonds is 1. The number of hydrogen-bond acceptors (Lipinski definition) is 1. The van der Waals surface area contributed by atoms with E-state index in [1.807, 2.05) is 31.2 Å². The Morgan fingerprint density at radius 2 is 1.80 bits per heavy atom. The van der Waals surface area contributed by atoms with Crippen LogP contribution in [0.1, 0.15) is 5.56 Å². The summed E-state index contributed by atoms with van der Waals surface area (Å²) in [5.74, 6) is -0.344. The van der Waals surface area contributed by atoms with Crippen molar-refractivity contribution < 1.29 is 4.39 Å². The van der Waals surface area contributed by atoms with Crippen LogP contribution in [-0.4, -0.2) is 0 Å². The van der Waals surface area contributed by atoms with Gasteiger partial charge >= 0.3 is 0 Å². The Kier molecular flexibility index (Phi) is 2.42. The fourth-order valence-corrected chi connectivity index (χ4v) is 1.59. The highest BCUT2D eigenvalue weighted by Crippen LogP contribution is 2.26. The van der Waals surface area contributed by atoms with Crippen LogP contribution in [0.2, 0.25) is 0 Å². The Balaban J connectivity index is 2.59. The maximum atomic E-state index is 13.7. The summed E-state index contributed by atoms with van der Waals surface area (Å²) in [6.07, 6.45) is 0. The molecule has 0 bridgehead atoms. The molecule has 2 aromatic rings. The molecule has 0 aliphatic carbocycles. The van der Waals surface area contributed by atoms with Crippen LogP contribution in [0.25, 0.3) is 11.1 Å². The number of nitrogens with two attached hydrogens (primary N) is 1. The lowest BCUT2D eigenvalue weighted by molar-refractivity contribution is 0.636. The van der Waals surface area contributed by atoms with E-state index >= 15 is 0 Å². The number of anilines is 1. The number of halogens is 1. The Hall–Kier alpha value is -1.83. The zero-order valence-corrected chi connectivity index (χ0v) is 8.50. The lowest BCUT2D eigenvalue weighted by Gasteiger charge is -2.06. The summed E-state index contributed by atoms with van der Waals surface area (Å²) >= 11 is 0. The fourth-order valence-electron chi connectivity index (χ4n) is 1.59. The van der Waals surface area contributed by atoms with Crippen LogP contribution in [0.3, 0.4) is 0 Å². The summed E-state index contributed by atoms with van der Waals surface area (Å²) in [6.45, 7) is 1.98. The third kappa shape index (κ3) is 1.84. The smallest absolute Gasteiger partial charge is 0.153 e. The Labute approximate surface area is 88.4 Å². The van der Waals surface area contributed by atoms with Crippen LogP contribution in [0, 0.1) is 12.7 Å². The highest BCUT2D eigenvalue weighted by molar-refractivity contribution is 5.68. The van der Waals surface area contributed by atoms with Gasteiger partial charge < -0.3 is 5.73 Å². The first-order valence-electron chi connectivity index (χ1n) is 4.79. The van der Waals surface area contributed by atoms with E-state index in [-0.39, 0.29) is 11.5 Å². The van der Waals surface area contributed by atoms with E-state index in [9.17, 15) is 4.39 Å². The number of benzene rings is 2. The average Bonchev–Trinajstić information content (AvgIpc) is 2.22. The SMILES string of the molecule is Cc1cccc(-c2cccc(N)c2F)c1. The first kappa shape index (κ1) is 9.71. The van der Waals surface area contributed by atoms with Crippen LogP contribution in [0.5, 0.6) is 0 Å². The van der Waals surface area contributed by atoms with E-state index in [0.29, 0.717) is 5.56 Å². The first-order valence-corrected chi connectivity index (χ1v) is 4.79. The van der Waals surface area contributed by atoms with Gasteiger partial charge in [-0.05, 0) is 18.6 Å². The molecule has 0 heterocycles. The molecule has 0 spiro atoms. The second-order valence-corrected chi connectivity index (χ2v) is 3.58.